The maximum absolute atomic E-state index is 13.7. The number of amides is 1. The normalized spacial score (nSPS) is 26.1. The lowest BCUT2D eigenvalue weighted by atomic mass is 10.0. The predicted octanol–water partition coefficient (Wildman–Crippen LogP) is 1.97. The van der Waals surface area contributed by atoms with Crippen LogP contribution in [0.5, 0.6) is 5.75 Å². The van der Waals surface area contributed by atoms with Crippen LogP contribution >= 0.6 is 0 Å². The van der Waals surface area contributed by atoms with Crippen molar-refractivity contribution in [3.8, 4) is 5.75 Å². The van der Waals surface area contributed by atoms with Gasteiger partial charge in [-0.05, 0) is 64.5 Å². The Morgan fingerprint density at radius 3 is 2.58 bits per heavy atom. The number of carbonyl (C=O) groups excluding carboxylic acids is 1. The van der Waals surface area contributed by atoms with E-state index in [9.17, 15) is 9.18 Å². The van der Waals surface area contributed by atoms with Crippen molar-refractivity contribution in [2.75, 3.05) is 39.8 Å². The summed E-state index contributed by atoms with van der Waals surface area (Å²) < 4.78 is 19.4. The van der Waals surface area contributed by atoms with Crippen molar-refractivity contribution in [2.45, 2.75) is 43.9 Å². The van der Waals surface area contributed by atoms with Crippen molar-refractivity contribution < 1.29 is 13.9 Å². The first-order valence-electron chi connectivity index (χ1n) is 9.76. The van der Waals surface area contributed by atoms with Crippen molar-refractivity contribution in [2.24, 2.45) is 0 Å². The zero-order valence-corrected chi connectivity index (χ0v) is 15.4. The molecule has 26 heavy (non-hydrogen) atoms. The summed E-state index contributed by atoms with van der Waals surface area (Å²) in [6.45, 7) is 4.39. The molecular formula is C20H28FN3O2. The SMILES string of the molecule is CN1CCC(N2CCC[C@H]2C(=O)N2CC(Oc3ccccc3F)C2)CC1. The fourth-order valence-electron chi connectivity index (χ4n) is 4.44. The first-order chi connectivity index (χ1) is 12.6. The summed E-state index contributed by atoms with van der Waals surface area (Å²) in [5.41, 5.74) is 0. The molecule has 5 nitrogen and oxygen atoms in total. The second kappa shape index (κ2) is 7.53. The molecule has 142 valence electrons. The molecule has 3 fully saturated rings. The molecule has 0 bridgehead atoms. The molecule has 0 saturated carbocycles. The van der Waals surface area contributed by atoms with Crippen LogP contribution in [0.2, 0.25) is 0 Å². The van der Waals surface area contributed by atoms with E-state index in [1.807, 2.05) is 4.90 Å². The second-order valence-electron chi connectivity index (χ2n) is 7.84. The summed E-state index contributed by atoms with van der Waals surface area (Å²) in [6, 6.07) is 7.01. The quantitative estimate of drug-likeness (QED) is 0.822. The Kier molecular flexibility index (Phi) is 5.14. The number of carbonyl (C=O) groups is 1. The number of ether oxygens (including phenoxy) is 1. The molecule has 0 spiro atoms. The minimum absolute atomic E-state index is 0.0258. The molecule has 1 amide bonds. The number of halogens is 1. The van der Waals surface area contributed by atoms with Gasteiger partial charge in [0.05, 0.1) is 19.1 Å². The van der Waals surface area contributed by atoms with Gasteiger partial charge in [0.2, 0.25) is 5.91 Å². The largest absolute Gasteiger partial charge is 0.484 e. The maximum Gasteiger partial charge on any atom is 0.240 e. The summed E-state index contributed by atoms with van der Waals surface area (Å²) in [6.07, 6.45) is 4.26. The molecule has 3 heterocycles. The van der Waals surface area contributed by atoms with Crippen LogP contribution in [0.25, 0.3) is 0 Å². The number of piperidine rings is 1. The highest BCUT2D eigenvalue weighted by atomic mass is 19.1. The fraction of sp³-hybridized carbons (Fsp3) is 0.650. The van der Waals surface area contributed by atoms with Crippen molar-refractivity contribution in [1.82, 2.24) is 14.7 Å². The van der Waals surface area contributed by atoms with Crippen molar-refractivity contribution in [3.63, 3.8) is 0 Å². The predicted molar refractivity (Wildman–Crippen MR) is 97.6 cm³/mol. The topological polar surface area (TPSA) is 36.0 Å². The van der Waals surface area contributed by atoms with Gasteiger partial charge in [0.1, 0.15) is 6.10 Å². The highest BCUT2D eigenvalue weighted by Gasteiger charge is 2.42. The Morgan fingerprint density at radius 2 is 1.85 bits per heavy atom. The Balaban J connectivity index is 1.30. The van der Waals surface area contributed by atoms with Crippen LogP contribution in [0.15, 0.2) is 24.3 Å². The van der Waals surface area contributed by atoms with E-state index in [-0.39, 0.29) is 29.6 Å². The monoisotopic (exact) mass is 361 g/mol. The van der Waals surface area contributed by atoms with Crippen LogP contribution in [0, 0.1) is 5.82 Å². The first kappa shape index (κ1) is 17.7. The molecule has 0 N–H and O–H groups in total. The van der Waals surface area contributed by atoms with Gasteiger partial charge >= 0.3 is 0 Å². The van der Waals surface area contributed by atoms with E-state index < -0.39 is 0 Å². The molecule has 1 atom stereocenters. The standard InChI is InChI=1S/C20H28FN3O2/c1-22-11-8-15(9-12-22)24-10-4-6-18(24)20(25)23-13-16(14-23)26-19-7-3-2-5-17(19)21/h2-3,5,7,15-16,18H,4,6,8-14H2,1H3/t18-/m0/s1. The molecule has 0 aromatic heterocycles. The van der Waals surface area contributed by atoms with Crippen LogP contribution in [-0.4, -0.2) is 78.6 Å². The van der Waals surface area contributed by atoms with Gasteiger partial charge < -0.3 is 14.5 Å². The smallest absolute Gasteiger partial charge is 0.240 e. The van der Waals surface area contributed by atoms with E-state index in [1.165, 1.54) is 6.07 Å². The van der Waals surface area contributed by atoms with Gasteiger partial charge in [0.25, 0.3) is 0 Å². The Hall–Kier alpha value is -1.66. The van der Waals surface area contributed by atoms with Crippen molar-refractivity contribution in [1.29, 1.82) is 0 Å². The third-order valence-electron chi connectivity index (χ3n) is 6.03. The number of hydrogen-bond donors (Lipinski definition) is 0. The summed E-state index contributed by atoms with van der Waals surface area (Å²) in [5.74, 6) is 0.162. The lowest BCUT2D eigenvalue weighted by Gasteiger charge is -2.43. The van der Waals surface area contributed by atoms with E-state index in [0.717, 1.165) is 45.3 Å². The molecule has 3 saturated heterocycles. The van der Waals surface area contributed by atoms with Crippen LogP contribution in [-0.2, 0) is 4.79 Å². The molecule has 0 unspecified atom stereocenters. The highest BCUT2D eigenvalue weighted by Crippen LogP contribution is 2.29. The second-order valence-corrected chi connectivity index (χ2v) is 7.84. The number of rotatable bonds is 4. The summed E-state index contributed by atoms with van der Waals surface area (Å²) in [5, 5.41) is 0. The molecule has 1 aromatic rings. The fourth-order valence-corrected chi connectivity index (χ4v) is 4.44. The Bertz CT molecular complexity index is 642. The summed E-state index contributed by atoms with van der Waals surface area (Å²) in [7, 11) is 2.17. The van der Waals surface area contributed by atoms with E-state index >= 15 is 0 Å². The lowest BCUT2D eigenvalue weighted by molar-refractivity contribution is -0.146. The maximum atomic E-state index is 13.7. The average Bonchev–Trinajstić information content (AvgIpc) is 3.09. The van der Waals surface area contributed by atoms with Crippen LogP contribution in [0.4, 0.5) is 4.39 Å². The average molecular weight is 361 g/mol. The van der Waals surface area contributed by atoms with E-state index in [0.29, 0.717) is 19.1 Å². The summed E-state index contributed by atoms with van der Waals surface area (Å²) >= 11 is 0. The minimum atomic E-state index is -0.346. The van der Waals surface area contributed by atoms with Gasteiger partial charge in [-0.25, -0.2) is 4.39 Å². The number of para-hydroxylation sites is 1. The zero-order valence-electron chi connectivity index (χ0n) is 15.4. The zero-order chi connectivity index (χ0) is 18.1. The molecule has 3 aliphatic heterocycles. The van der Waals surface area contributed by atoms with Gasteiger partial charge in [-0.3, -0.25) is 9.69 Å². The number of benzene rings is 1. The lowest BCUT2D eigenvalue weighted by Crippen LogP contribution is -2.61. The molecule has 1 aromatic carbocycles. The van der Waals surface area contributed by atoms with E-state index in [4.69, 9.17) is 4.74 Å². The summed E-state index contributed by atoms with van der Waals surface area (Å²) in [4.78, 5) is 19.6. The van der Waals surface area contributed by atoms with Crippen LogP contribution in [0.3, 0.4) is 0 Å². The Labute approximate surface area is 154 Å². The van der Waals surface area contributed by atoms with Crippen LogP contribution < -0.4 is 4.74 Å². The molecule has 0 radical (unpaired) electrons. The van der Waals surface area contributed by atoms with Gasteiger partial charge in [-0.15, -0.1) is 0 Å². The van der Waals surface area contributed by atoms with Gasteiger partial charge in [0, 0.05) is 6.04 Å². The molecule has 4 rings (SSSR count). The molecule has 6 heteroatoms. The third-order valence-corrected chi connectivity index (χ3v) is 6.03. The number of likely N-dealkylation sites (tertiary alicyclic amines) is 3. The Morgan fingerprint density at radius 1 is 1.12 bits per heavy atom. The van der Waals surface area contributed by atoms with E-state index in [1.54, 1.807) is 18.2 Å². The van der Waals surface area contributed by atoms with Crippen LogP contribution in [0.1, 0.15) is 25.7 Å². The van der Waals surface area contributed by atoms with Gasteiger partial charge in [-0.1, -0.05) is 12.1 Å². The highest BCUT2D eigenvalue weighted by molar-refractivity contribution is 5.83. The van der Waals surface area contributed by atoms with Gasteiger partial charge in [-0.2, -0.15) is 0 Å². The molecule has 0 aliphatic carbocycles. The third kappa shape index (κ3) is 3.58. The van der Waals surface area contributed by atoms with E-state index in [2.05, 4.69) is 16.8 Å². The van der Waals surface area contributed by atoms with Crippen molar-refractivity contribution >= 4 is 5.91 Å². The first-order valence-corrected chi connectivity index (χ1v) is 9.76. The van der Waals surface area contributed by atoms with Crippen molar-refractivity contribution in [3.05, 3.63) is 30.1 Å². The van der Waals surface area contributed by atoms with Gasteiger partial charge in [0.15, 0.2) is 11.6 Å². The number of nitrogens with zero attached hydrogens (tertiary/aromatic N) is 3. The number of hydrogen-bond acceptors (Lipinski definition) is 4. The molecule has 3 aliphatic rings. The minimum Gasteiger partial charge on any atom is -0.484 e. The molecular weight excluding hydrogens is 333 g/mol.